The molecule has 1 saturated carbocycles. The summed E-state index contributed by atoms with van der Waals surface area (Å²) in [5.74, 6) is 0.782. The summed E-state index contributed by atoms with van der Waals surface area (Å²) in [5, 5.41) is 6.32. The van der Waals surface area contributed by atoms with Crippen LogP contribution in [0.2, 0.25) is 0 Å². The first-order valence-electron chi connectivity index (χ1n) is 6.42. The number of piperidine rings is 1. The van der Waals surface area contributed by atoms with E-state index in [-0.39, 0.29) is 5.91 Å². The van der Waals surface area contributed by atoms with Crippen LogP contribution in [0.25, 0.3) is 0 Å². The highest BCUT2D eigenvalue weighted by molar-refractivity contribution is 5.76. The highest BCUT2D eigenvalue weighted by atomic mass is 16.5. The Kier molecular flexibility index (Phi) is 4.60. The average Bonchev–Trinajstić information content (AvgIpc) is 3.10. The Morgan fingerprint density at radius 2 is 2.25 bits per heavy atom. The fraction of sp³-hybridized carbons (Fsp3) is 0.917. The van der Waals surface area contributed by atoms with Gasteiger partial charge >= 0.3 is 0 Å². The van der Waals surface area contributed by atoms with Crippen molar-refractivity contribution in [1.82, 2.24) is 10.6 Å². The van der Waals surface area contributed by atoms with E-state index < -0.39 is 0 Å². The van der Waals surface area contributed by atoms with Crippen LogP contribution in [-0.4, -0.2) is 38.3 Å². The van der Waals surface area contributed by atoms with E-state index >= 15 is 0 Å². The average molecular weight is 226 g/mol. The fourth-order valence-corrected chi connectivity index (χ4v) is 2.01. The minimum atomic E-state index is 0.143. The Morgan fingerprint density at radius 3 is 2.94 bits per heavy atom. The molecule has 16 heavy (non-hydrogen) atoms. The Morgan fingerprint density at radius 1 is 1.38 bits per heavy atom. The second-order valence-electron chi connectivity index (χ2n) is 4.88. The third kappa shape index (κ3) is 4.49. The molecule has 2 aliphatic rings. The summed E-state index contributed by atoms with van der Waals surface area (Å²) >= 11 is 0. The molecule has 0 spiro atoms. The maximum absolute atomic E-state index is 11.3. The van der Waals surface area contributed by atoms with E-state index in [1.807, 2.05) is 0 Å². The molecule has 1 saturated heterocycles. The number of ether oxygens (including phenoxy) is 1. The van der Waals surface area contributed by atoms with E-state index in [4.69, 9.17) is 4.74 Å². The molecule has 1 aliphatic carbocycles. The third-order valence-electron chi connectivity index (χ3n) is 3.17. The molecular weight excluding hydrogens is 204 g/mol. The van der Waals surface area contributed by atoms with Crippen LogP contribution in [0.4, 0.5) is 0 Å². The number of amides is 1. The summed E-state index contributed by atoms with van der Waals surface area (Å²) in [5.41, 5.74) is 0. The van der Waals surface area contributed by atoms with Crippen molar-refractivity contribution in [2.75, 3.05) is 26.3 Å². The van der Waals surface area contributed by atoms with Crippen LogP contribution < -0.4 is 10.6 Å². The number of hydrogen-bond donors (Lipinski definition) is 2. The zero-order chi connectivity index (χ0) is 11.2. The van der Waals surface area contributed by atoms with Gasteiger partial charge in [-0.3, -0.25) is 4.79 Å². The lowest BCUT2D eigenvalue weighted by Gasteiger charge is -2.22. The first-order chi connectivity index (χ1) is 7.84. The lowest BCUT2D eigenvalue weighted by molar-refractivity contribution is -0.122. The number of carbonyl (C=O) groups is 1. The Bertz CT molecular complexity index is 223. The number of nitrogens with one attached hydrogen (secondary N) is 2. The van der Waals surface area contributed by atoms with Crippen molar-refractivity contribution in [3.8, 4) is 0 Å². The normalized spacial score (nSPS) is 25.4. The van der Waals surface area contributed by atoms with E-state index in [2.05, 4.69) is 10.6 Å². The SMILES string of the molecule is O=C(CCOCC1CCCNC1)NC1CC1. The maximum Gasteiger partial charge on any atom is 0.222 e. The van der Waals surface area contributed by atoms with Gasteiger partial charge in [0, 0.05) is 19.0 Å². The van der Waals surface area contributed by atoms with Gasteiger partial charge in [0.15, 0.2) is 0 Å². The molecule has 1 atom stereocenters. The van der Waals surface area contributed by atoms with Crippen LogP contribution in [0.3, 0.4) is 0 Å². The molecule has 2 N–H and O–H groups in total. The Balaban J connectivity index is 1.45. The molecule has 0 aromatic rings. The first kappa shape index (κ1) is 11.9. The highest BCUT2D eigenvalue weighted by Gasteiger charge is 2.22. The molecular formula is C12H22N2O2. The summed E-state index contributed by atoms with van der Waals surface area (Å²) in [6.45, 7) is 3.56. The quantitative estimate of drug-likeness (QED) is 0.655. The monoisotopic (exact) mass is 226 g/mol. The molecule has 1 heterocycles. The van der Waals surface area contributed by atoms with E-state index in [0.29, 0.717) is 25.0 Å². The second-order valence-corrected chi connectivity index (χ2v) is 4.88. The van der Waals surface area contributed by atoms with Crippen LogP contribution in [0.15, 0.2) is 0 Å². The van der Waals surface area contributed by atoms with Crippen molar-refractivity contribution < 1.29 is 9.53 Å². The van der Waals surface area contributed by atoms with E-state index in [1.165, 1.54) is 12.8 Å². The Hall–Kier alpha value is -0.610. The van der Waals surface area contributed by atoms with Gasteiger partial charge in [-0.05, 0) is 38.1 Å². The standard InChI is InChI=1S/C12H22N2O2/c15-12(14-11-3-4-11)5-7-16-9-10-2-1-6-13-8-10/h10-11,13H,1-9H2,(H,14,15). The van der Waals surface area contributed by atoms with Crippen LogP contribution in [0.5, 0.6) is 0 Å². The minimum Gasteiger partial charge on any atom is -0.381 e. The summed E-state index contributed by atoms with van der Waals surface area (Å²) in [6.07, 6.45) is 5.31. The third-order valence-corrected chi connectivity index (χ3v) is 3.17. The largest absolute Gasteiger partial charge is 0.381 e. The molecule has 1 aliphatic heterocycles. The Labute approximate surface area is 97.1 Å². The molecule has 0 aromatic carbocycles. The number of hydrogen-bond acceptors (Lipinski definition) is 3. The van der Waals surface area contributed by atoms with Crippen molar-refractivity contribution in [2.45, 2.75) is 38.1 Å². The van der Waals surface area contributed by atoms with Gasteiger partial charge in [-0.1, -0.05) is 0 Å². The van der Waals surface area contributed by atoms with Crippen LogP contribution in [0, 0.1) is 5.92 Å². The molecule has 0 aromatic heterocycles. The van der Waals surface area contributed by atoms with E-state index in [0.717, 1.165) is 32.5 Å². The second kappa shape index (κ2) is 6.21. The molecule has 0 radical (unpaired) electrons. The smallest absolute Gasteiger partial charge is 0.222 e. The molecule has 92 valence electrons. The molecule has 0 bridgehead atoms. The van der Waals surface area contributed by atoms with Crippen LogP contribution in [0.1, 0.15) is 32.1 Å². The topological polar surface area (TPSA) is 50.4 Å². The van der Waals surface area contributed by atoms with E-state index in [9.17, 15) is 4.79 Å². The molecule has 4 nitrogen and oxygen atoms in total. The van der Waals surface area contributed by atoms with Gasteiger partial charge in [-0.15, -0.1) is 0 Å². The molecule has 2 fully saturated rings. The fourth-order valence-electron chi connectivity index (χ4n) is 2.01. The van der Waals surface area contributed by atoms with Gasteiger partial charge in [0.2, 0.25) is 5.91 Å². The zero-order valence-corrected chi connectivity index (χ0v) is 9.84. The minimum absolute atomic E-state index is 0.143. The maximum atomic E-state index is 11.3. The van der Waals surface area contributed by atoms with Crippen LogP contribution >= 0.6 is 0 Å². The lowest BCUT2D eigenvalue weighted by Crippen LogP contribution is -2.32. The summed E-state index contributed by atoms with van der Waals surface area (Å²) < 4.78 is 5.54. The van der Waals surface area contributed by atoms with Crippen molar-refractivity contribution in [1.29, 1.82) is 0 Å². The number of rotatable bonds is 6. The van der Waals surface area contributed by atoms with Crippen LogP contribution in [-0.2, 0) is 9.53 Å². The van der Waals surface area contributed by atoms with E-state index in [1.54, 1.807) is 0 Å². The van der Waals surface area contributed by atoms with Crippen molar-refractivity contribution in [3.05, 3.63) is 0 Å². The first-order valence-corrected chi connectivity index (χ1v) is 6.42. The summed E-state index contributed by atoms with van der Waals surface area (Å²) in [7, 11) is 0. The van der Waals surface area contributed by atoms with Crippen molar-refractivity contribution in [3.63, 3.8) is 0 Å². The zero-order valence-electron chi connectivity index (χ0n) is 9.84. The van der Waals surface area contributed by atoms with Gasteiger partial charge in [-0.25, -0.2) is 0 Å². The number of carbonyl (C=O) groups excluding carboxylic acids is 1. The molecule has 1 amide bonds. The van der Waals surface area contributed by atoms with Gasteiger partial charge in [0.05, 0.1) is 13.2 Å². The van der Waals surface area contributed by atoms with Crippen molar-refractivity contribution in [2.24, 2.45) is 5.92 Å². The predicted octanol–water partition coefficient (Wildman–Crippen LogP) is 0.671. The summed E-state index contributed by atoms with van der Waals surface area (Å²) in [4.78, 5) is 11.3. The van der Waals surface area contributed by atoms with Gasteiger partial charge in [-0.2, -0.15) is 0 Å². The van der Waals surface area contributed by atoms with Gasteiger partial charge < -0.3 is 15.4 Å². The highest BCUT2D eigenvalue weighted by Crippen LogP contribution is 2.18. The van der Waals surface area contributed by atoms with Crippen molar-refractivity contribution >= 4 is 5.91 Å². The molecule has 1 unspecified atom stereocenters. The lowest BCUT2D eigenvalue weighted by atomic mass is 10.0. The molecule has 2 rings (SSSR count). The van der Waals surface area contributed by atoms with Gasteiger partial charge in [0.1, 0.15) is 0 Å². The predicted molar refractivity (Wildman–Crippen MR) is 62.2 cm³/mol. The summed E-state index contributed by atoms with van der Waals surface area (Å²) in [6, 6.07) is 0.468. The van der Waals surface area contributed by atoms with Gasteiger partial charge in [0.25, 0.3) is 0 Å². The molecule has 4 heteroatoms.